The number of amides is 1. The number of halogens is 1. The zero-order chi connectivity index (χ0) is 15.2. The van der Waals surface area contributed by atoms with E-state index in [1.54, 1.807) is 11.9 Å². The highest BCUT2D eigenvalue weighted by Crippen LogP contribution is 2.25. The molecule has 0 aliphatic heterocycles. The minimum atomic E-state index is -0.438. The molecule has 0 atom stereocenters. The van der Waals surface area contributed by atoms with Gasteiger partial charge in [0.1, 0.15) is 12.4 Å². The third-order valence-electron chi connectivity index (χ3n) is 3.87. The summed E-state index contributed by atoms with van der Waals surface area (Å²) >= 11 is 0. The molecule has 1 fully saturated rings. The lowest BCUT2D eigenvalue weighted by Crippen LogP contribution is -2.31. The van der Waals surface area contributed by atoms with Crippen LogP contribution in [0.25, 0.3) is 0 Å². The molecule has 0 radical (unpaired) electrons. The van der Waals surface area contributed by atoms with E-state index in [9.17, 15) is 9.18 Å². The van der Waals surface area contributed by atoms with Crippen LogP contribution in [0.5, 0.6) is 0 Å². The molecule has 1 aliphatic rings. The van der Waals surface area contributed by atoms with Gasteiger partial charge in [-0.3, -0.25) is 4.79 Å². The van der Waals surface area contributed by atoms with E-state index in [0.717, 1.165) is 19.4 Å². The van der Waals surface area contributed by atoms with Gasteiger partial charge in [0.2, 0.25) is 0 Å². The number of carbonyl (C=O) groups is 1. The number of carbonyl (C=O) groups excluding carboxylic acids is 1. The van der Waals surface area contributed by atoms with Crippen molar-refractivity contribution in [2.45, 2.75) is 25.7 Å². The molecule has 0 heterocycles. The number of hydrogen-bond acceptors (Lipinski definition) is 2. The first kappa shape index (κ1) is 15.5. The third kappa shape index (κ3) is 4.05. The first-order chi connectivity index (χ1) is 10.1. The fourth-order valence-corrected chi connectivity index (χ4v) is 2.81. The molecule has 1 amide bonds. The monoisotopic (exact) mass is 289 g/mol. The lowest BCUT2D eigenvalue weighted by molar-refractivity contribution is 0.0773. The smallest absolute Gasteiger partial charge is 0.254 e. The molecule has 1 aromatic carbocycles. The van der Waals surface area contributed by atoms with Crippen LogP contribution < -0.4 is 0 Å². The summed E-state index contributed by atoms with van der Waals surface area (Å²) in [6.07, 6.45) is 4.80. The quantitative estimate of drug-likeness (QED) is 0.868. The van der Waals surface area contributed by atoms with Crippen molar-refractivity contribution in [1.82, 2.24) is 4.90 Å². The Labute approximate surface area is 124 Å². The van der Waals surface area contributed by atoms with Crippen molar-refractivity contribution in [2.24, 2.45) is 5.92 Å². The Balaban J connectivity index is 2.17. The molecule has 0 bridgehead atoms. The van der Waals surface area contributed by atoms with Crippen molar-refractivity contribution in [2.75, 3.05) is 20.2 Å². The Morgan fingerprint density at radius 2 is 2.14 bits per heavy atom. The van der Waals surface area contributed by atoms with Crippen LogP contribution >= 0.6 is 0 Å². The summed E-state index contributed by atoms with van der Waals surface area (Å²) in [7, 11) is 1.77. The molecule has 1 aliphatic carbocycles. The molecule has 3 nitrogen and oxygen atoms in total. The highest BCUT2D eigenvalue weighted by atomic mass is 19.1. The predicted octanol–water partition coefficient (Wildman–Crippen LogP) is 2.43. The van der Waals surface area contributed by atoms with Gasteiger partial charge in [0.25, 0.3) is 5.91 Å². The molecule has 0 saturated heterocycles. The molecular formula is C17H20FNO2. The lowest BCUT2D eigenvalue weighted by Gasteiger charge is -2.21. The fourth-order valence-electron chi connectivity index (χ4n) is 2.81. The molecule has 0 unspecified atom stereocenters. The van der Waals surface area contributed by atoms with Crippen molar-refractivity contribution in [3.63, 3.8) is 0 Å². The van der Waals surface area contributed by atoms with E-state index >= 15 is 0 Å². The van der Waals surface area contributed by atoms with Gasteiger partial charge in [-0.15, -0.1) is 0 Å². The minimum absolute atomic E-state index is 0.149. The molecule has 21 heavy (non-hydrogen) atoms. The number of aliphatic hydroxyl groups excluding tert-OH is 1. The van der Waals surface area contributed by atoms with Crippen molar-refractivity contribution in [3.05, 3.63) is 35.1 Å². The Hall–Kier alpha value is -1.86. The maximum absolute atomic E-state index is 13.3. The van der Waals surface area contributed by atoms with E-state index in [1.165, 1.54) is 31.0 Å². The van der Waals surface area contributed by atoms with Crippen LogP contribution in [-0.4, -0.2) is 36.1 Å². The minimum Gasteiger partial charge on any atom is -0.384 e. The van der Waals surface area contributed by atoms with Gasteiger partial charge in [-0.25, -0.2) is 4.39 Å². The maximum atomic E-state index is 13.3. The van der Waals surface area contributed by atoms with Crippen molar-refractivity contribution in [3.8, 4) is 11.8 Å². The second kappa shape index (κ2) is 7.24. The number of nitrogens with zero attached hydrogens (tertiary/aromatic N) is 1. The molecule has 2 rings (SSSR count). The summed E-state index contributed by atoms with van der Waals surface area (Å²) in [6, 6.07) is 3.96. The van der Waals surface area contributed by atoms with Crippen LogP contribution in [0.3, 0.4) is 0 Å². The fraction of sp³-hybridized carbons (Fsp3) is 0.471. The predicted molar refractivity (Wildman–Crippen MR) is 79.3 cm³/mol. The summed E-state index contributed by atoms with van der Waals surface area (Å²) in [4.78, 5) is 14.2. The third-order valence-corrected chi connectivity index (χ3v) is 3.87. The highest BCUT2D eigenvalue weighted by molar-refractivity contribution is 5.96. The van der Waals surface area contributed by atoms with Gasteiger partial charge in [0.15, 0.2) is 0 Å². The zero-order valence-corrected chi connectivity index (χ0v) is 12.2. The van der Waals surface area contributed by atoms with Gasteiger partial charge in [0.05, 0.1) is 5.56 Å². The highest BCUT2D eigenvalue weighted by Gasteiger charge is 2.21. The van der Waals surface area contributed by atoms with E-state index in [4.69, 9.17) is 5.11 Å². The SMILES string of the molecule is CN(CC1CCCC1)C(=O)c1ccc(F)cc1C#CCO. The van der Waals surface area contributed by atoms with Gasteiger partial charge in [-0.1, -0.05) is 24.7 Å². The summed E-state index contributed by atoms with van der Waals surface area (Å²) in [5, 5.41) is 8.76. The van der Waals surface area contributed by atoms with Gasteiger partial charge in [0, 0.05) is 19.2 Å². The molecule has 0 aromatic heterocycles. The number of aliphatic hydroxyl groups is 1. The number of rotatable bonds is 3. The van der Waals surface area contributed by atoms with Gasteiger partial charge in [-0.2, -0.15) is 0 Å². The van der Waals surface area contributed by atoms with Crippen LogP contribution in [0.4, 0.5) is 4.39 Å². The Bertz CT molecular complexity index is 568. The average Bonchev–Trinajstić information content (AvgIpc) is 2.97. The second-order valence-electron chi connectivity index (χ2n) is 5.49. The Kier molecular flexibility index (Phi) is 5.35. The average molecular weight is 289 g/mol. The van der Waals surface area contributed by atoms with Crippen LogP contribution in [-0.2, 0) is 0 Å². The van der Waals surface area contributed by atoms with Gasteiger partial charge >= 0.3 is 0 Å². The molecule has 4 heteroatoms. The summed E-state index contributed by atoms with van der Waals surface area (Å²) < 4.78 is 13.3. The number of benzene rings is 1. The van der Waals surface area contributed by atoms with Crippen LogP contribution in [0.15, 0.2) is 18.2 Å². The summed E-state index contributed by atoms with van der Waals surface area (Å²) in [5.41, 5.74) is 0.713. The van der Waals surface area contributed by atoms with Crippen LogP contribution in [0.1, 0.15) is 41.6 Å². The normalized spacial score (nSPS) is 14.6. The molecule has 0 spiro atoms. The van der Waals surface area contributed by atoms with E-state index in [-0.39, 0.29) is 12.5 Å². The molecular weight excluding hydrogens is 269 g/mol. The largest absolute Gasteiger partial charge is 0.384 e. The van der Waals surface area contributed by atoms with Crippen LogP contribution in [0, 0.1) is 23.6 Å². The Morgan fingerprint density at radius 1 is 1.43 bits per heavy atom. The summed E-state index contributed by atoms with van der Waals surface area (Å²) in [6.45, 7) is 0.408. The lowest BCUT2D eigenvalue weighted by atomic mass is 10.0. The van der Waals surface area contributed by atoms with Crippen LogP contribution in [0.2, 0.25) is 0 Å². The summed E-state index contributed by atoms with van der Waals surface area (Å²) in [5.74, 6) is 5.09. The molecule has 112 valence electrons. The number of hydrogen-bond donors (Lipinski definition) is 1. The molecule has 1 aromatic rings. The second-order valence-corrected chi connectivity index (χ2v) is 5.49. The molecule has 1 N–H and O–H groups in total. The van der Waals surface area contributed by atoms with E-state index in [0.29, 0.717) is 17.0 Å². The van der Waals surface area contributed by atoms with E-state index < -0.39 is 5.82 Å². The van der Waals surface area contributed by atoms with Gasteiger partial charge in [-0.05, 0) is 37.0 Å². The Morgan fingerprint density at radius 3 is 2.81 bits per heavy atom. The standard InChI is InChI=1S/C17H20FNO2/c1-19(12-13-5-2-3-6-13)17(21)16-9-8-15(18)11-14(16)7-4-10-20/h8-9,11,13,20H,2-3,5-6,10,12H2,1H3. The van der Waals surface area contributed by atoms with Crippen molar-refractivity contribution in [1.29, 1.82) is 0 Å². The zero-order valence-electron chi connectivity index (χ0n) is 12.2. The van der Waals surface area contributed by atoms with Gasteiger partial charge < -0.3 is 10.0 Å². The van der Waals surface area contributed by atoms with E-state index in [1.807, 2.05) is 0 Å². The molecule has 1 saturated carbocycles. The topological polar surface area (TPSA) is 40.5 Å². The first-order valence-electron chi connectivity index (χ1n) is 7.26. The van der Waals surface area contributed by atoms with E-state index in [2.05, 4.69) is 11.8 Å². The van der Waals surface area contributed by atoms with Crippen molar-refractivity contribution >= 4 is 5.91 Å². The van der Waals surface area contributed by atoms with Crippen molar-refractivity contribution < 1.29 is 14.3 Å². The first-order valence-corrected chi connectivity index (χ1v) is 7.26. The maximum Gasteiger partial charge on any atom is 0.254 e.